The Morgan fingerprint density at radius 1 is 1.36 bits per heavy atom. The number of halogens is 1. The number of nitrogens with zero attached hydrogens (tertiary/aromatic N) is 1. The van der Waals surface area contributed by atoms with E-state index in [1.54, 1.807) is 30.4 Å². The second-order valence-corrected chi connectivity index (χ2v) is 4.85. The van der Waals surface area contributed by atoms with Gasteiger partial charge in [0.15, 0.2) is 0 Å². The molecule has 0 radical (unpaired) electrons. The fourth-order valence-corrected chi connectivity index (χ4v) is 2.24. The van der Waals surface area contributed by atoms with E-state index in [1.807, 2.05) is 19.1 Å². The lowest BCUT2D eigenvalue weighted by Gasteiger charge is -2.11. The number of carbonyl (C=O) groups is 1. The van der Waals surface area contributed by atoms with Gasteiger partial charge in [-0.15, -0.1) is 0 Å². The second kappa shape index (κ2) is 7.05. The fourth-order valence-electron chi connectivity index (χ4n) is 2.13. The highest BCUT2D eigenvalue weighted by Gasteiger charge is 2.11. The summed E-state index contributed by atoms with van der Waals surface area (Å²) in [6.07, 6.45) is 5.18. The molecule has 0 fully saturated rings. The van der Waals surface area contributed by atoms with Crippen LogP contribution in [0, 0.1) is 0 Å². The van der Waals surface area contributed by atoms with Gasteiger partial charge >= 0.3 is 0 Å². The summed E-state index contributed by atoms with van der Waals surface area (Å²) in [6.45, 7) is 9.92. The van der Waals surface area contributed by atoms with Crippen LogP contribution in [0.3, 0.4) is 0 Å². The van der Waals surface area contributed by atoms with Crippen LogP contribution in [0.2, 0.25) is 0 Å². The average molecular weight is 314 g/mol. The van der Waals surface area contributed by atoms with Crippen LogP contribution >= 0.6 is 11.6 Å². The molecule has 4 heteroatoms. The lowest BCUT2D eigenvalue weighted by atomic mass is 10.1. The van der Waals surface area contributed by atoms with Gasteiger partial charge in [0.05, 0.1) is 17.8 Å². The summed E-state index contributed by atoms with van der Waals surface area (Å²) in [5.41, 5.74) is 2.56. The Balaban J connectivity index is 2.73. The van der Waals surface area contributed by atoms with Gasteiger partial charge in [0.2, 0.25) is 0 Å². The van der Waals surface area contributed by atoms with E-state index in [0.29, 0.717) is 29.1 Å². The van der Waals surface area contributed by atoms with E-state index in [4.69, 9.17) is 16.3 Å². The van der Waals surface area contributed by atoms with E-state index >= 15 is 0 Å². The van der Waals surface area contributed by atoms with Crippen molar-refractivity contribution in [1.29, 1.82) is 0 Å². The van der Waals surface area contributed by atoms with E-state index in [9.17, 15) is 4.79 Å². The van der Waals surface area contributed by atoms with Gasteiger partial charge in [0, 0.05) is 17.0 Å². The largest absolute Gasteiger partial charge is 0.493 e. The third kappa shape index (κ3) is 3.26. The van der Waals surface area contributed by atoms with Gasteiger partial charge in [0.1, 0.15) is 5.75 Å². The van der Waals surface area contributed by atoms with Crippen molar-refractivity contribution in [3.05, 3.63) is 66.9 Å². The Bertz CT molecular complexity index is 778. The predicted molar refractivity (Wildman–Crippen MR) is 91.5 cm³/mol. The molecule has 2 rings (SSSR count). The molecule has 1 heterocycles. The SMILES string of the molecule is C=C/C=C(\C=C)c1cc(OCC)c2ccc(C(=O)Cl)cc2n1. The lowest BCUT2D eigenvalue weighted by molar-refractivity contribution is 0.108. The van der Waals surface area contributed by atoms with E-state index < -0.39 is 5.24 Å². The number of hydrogen-bond donors (Lipinski definition) is 0. The summed E-state index contributed by atoms with van der Waals surface area (Å²) in [5, 5.41) is 0.312. The van der Waals surface area contributed by atoms with Gasteiger partial charge in [-0.25, -0.2) is 4.98 Å². The molecule has 0 amide bonds. The number of rotatable bonds is 6. The molecule has 22 heavy (non-hydrogen) atoms. The summed E-state index contributed by atoms with van der Waals surface area (Å²) in [5.74, 6) is 0.702. The Labute approximate surface area is 134 Å². The maximum Gasteiger partial charge on any atom is 0.252 e. The topological polar surface area (TPSA) is 39.2 Å². The van der Waals surface area contributed by atoms with Crippen LogP contribution in [0.25, 0.3) is 16.5 Å². The molecule has 1 aromatic heterocycles. The first-order valence-electron chi connectivity index (χ1n) is 6.83. The summed E-state index contributed by atoms with van der Waals surface area (Å²) in [7, 11) is 0. The minimum atomic E-state index is -0.516. The first kappa shape index (κ1) is 16.0. The molecule has 0 aliphatic carbocycles. The molecule has 0 aliphatic heterocycles. The Kier molecular flexibility index (Phi) is 5.12. The van der Waals surface area contributed by atoms with Crippen molar-refractivity contribution >= 4 is 33.3 Å². The zero-order chi connectivity index (χ0) is 16.1. The smallest absolute Gasteiger partial charge is 0.252 e. The molecule has 0 bridgehead atoms. The Morgan fingerprint density at radius 3 is 2.73 bits per heavy atom. The first-order chi connectivity index (χ1) is 10.6. The van der Waals surface area contributed by atoms with Gasteiger partial charge in [0.25, 0.3) is 5.24 Å². The summed E-state index contributed by atoms with van der Waals surface area (Å²) < 4.78 is 5.69. The van der Waals surface area contributed by atoms with E-state index in [0.717, 1.165) is 11.0 Å². The summed E-state index contributed by atoms with van der Waals surface area (Å²) >= 11 is 5.55. The maximum atomic E-state index is 11.3. The molecule has 1 aromatic carbocycles. The quantitative estimate of drug-likeness (QED) is 0.569. The van der Waals surface area contributed by atoms with Gasteiger partial charge in [-0.2, -0.15) is 0 Å². The van der Waals surface area contributed by atoms with E-state index in [-0.39, 0.29) is 0 Å². The van der Waals surface area contributed by atoms with Crippen LogP contribution in [0.5, 0.6) is 5.75 Å². The minimum Gasteiger partial charge on any atom is -0.493 e. The highest BCUT2D eigenvalue weighted by Crippen LogP contribution is 2.29. The number of pyridine rings is 1. The van der Waals surface area contributed by atoms with Crippen LogP contribution in [-0.2, 0) is 0 Å². The number of hydrogen-bond acceptors (Lipinski definition) is 3. The molecule has 112 valence electrons. The van der Waals surface area contributed by atoms with Crippen LogP contribution in [0.1, 0.15) is 23.0 Å². The molecule has 0 spiro atoms. The number of carbonyl (C=O) groups excluding carboxylic acids is 1. The first-order valence-corrected chi connectivity index (χ1v) is 7.21. The normalized spacial score (nSPS) is 11.3. The lowest BCUT2D eigenvalue weighted by Crippen LogP contribution is -1.98. The van der Waals surface area contributed by atoms with E-state index in [1.165, 1.54) is 0 Å². The monoisotopic (exact) mass is 313 g/mol. The number of allylic oxidation sites excluding steroid dienone is 4. The standard InChI is InChI=1S/C18H16ClNO2/c1-4-7-12(5-2)15-11-17(22-6-3)14-9-8-13(18(19)21)10-16(14)20-15/h4-5,7-11H,1-2,6H2,3H3/b12-7+. The van der Waals surface area contributed by atoms with Gasteiger partial charge in [-0.05, 0) is 42.3 Å². The van der Waals surface area contributed by atoms with Crippen molar-refractivity contribution < 1.29 is 9.53 Å². The number of aromatic nitrogens is 1. The molecular formula is C18H16ClNO2. The second-order valence-electron chi connectivity index (χ2n) is 4.51. The summed E-state index contributed by atoms with van der Waals surface area (Å²) in [6, 6.07) is 6.96. The van der Waals surface area contributed by atoms with Crippen LogP contribution < -0.4 is 4.74 Å². The molecule has 0 unspecified atom stereocenters. The molecular weight excluding hydrogens is 298 g/mol. The molecule has 0 N–H and O–H groups in total. The van der Waals surface area contributed by atoms with Crippen molar-refractivity contribution in [3.63, 3.8) is 0 Å². The molecule has 0 aliphatic rings. The van der Waals surface area contributed by atoms with Crippen LogP contribution in [0.4, 0.5) is 0 Å². The number of fused-ring (bicyclic) bond motifs is 1. The van der Waals surface area contributed by atoms with Gasteiger partial charge in [-0.1, -0.05) is 31.4 Å². The molecule has 0 atom stereocenters. The molecule has 0 saturated carbocycles. The highest BCUT2D eigenvalue weighted by atomic mass is 35.5. The molecule has 2 aromatic rings. The van der Waals surface area contributed by atoms with Gasteiger partial charge < -0.3 is 4.74 Å². The van der Waals surface area contributed by atoms with Crippen molar-refractivity contribution in [3.8, 4) is 5.75 Å². The predicted octanol–water partition coefficient (Wildman–Crippen LogP) is 4.77. The summed E-state index contributed by atoms with van der Waals surface area (Å²) in [4.78, 5) is 15.9. The highest BCUT2D eigenvalue weighted by molar-refractivity contribution is 6.67. The third-order valence-electron chi connectivity index (χ3n) is 3.11. The van der Waals surface area contributed by atoms with E-state index in [2.05, 4.69) is 18.1 Å². The third-order valence-corrected chi connectivity index (χ3v) is 3.33. The molecule has 3 nitrogen and oxygen atoms in total. The fraction of sp³-hybridized carbons (Fsp3) is 0.111. The zero-order valence-corrected chi connectivity index (χ0v) is 13.1. The van der Waals surface area contributed by atoms with Gasteiger partial charge in [-0.3, -0.25) is 4.79 Å². The average Bonchev–Trinajstić information content (AvgIpc) is 2.52. The van der Waals surface area contributed by atoms with Crippen molar-refractivity contribution in [1.82, 2.24) is 4.98 Å². The Morgan fingerprint density at radius 2 is 2.14 bits per heavy atom. The Hall–Kier alpha value is -2.39. The number of benzene rings is 1. The van der Waals surface area contributed by atoms with Crippen molar-refractivity contribution in [2.24, 2.45) is 0 Å². The zero-order valence-electron chi connectivity index (χ0n) is 12.3. The number of ether oxygens (including phenoxy) is 1. The maximum absolute atomic E-state index is 11.3. The van der Waals surface area contributed by atoms with Crippen molar-refractivity contribution in [2.75, 3.05) is 6.61 Å². The van der Waals surface area contributed by atoms with Crippen LogP contribution in [0.15, 0.2) is 55.7 Å². The minimum absolute atomic E-state index is 0.397. The van der Waals surface area contributed by atoms with Crippen LogP contribution in [-0.4, -0.2) is 16.8 Å². The van der Waals surface area contributed by atoms with Crippen molar-refractivity contribution in [2.45, 2.75) is 6.92 Å². The molecule has 0 saturated heterocycles.